The molecule has 13 nitrogen and oxygen atoms in total. The second-order valence-corrected chi connectivity index (χ2v) is 16.5. The Hall–Kier alpha value is -4.16. The van der Waals surface area contributed by atoms with Gasteiger partial charge in [0, 0.05) is 20.5 Å². The summed E-state index contributed by atoms with van der Waals surface area (Å²) < 4.78 is 10.4. The summed E-state index contributed by atoms with van der Waals surface area (Å²) in [7, 11) is 4.29. The lowest BCUT2D eigenvalue weighted by Crippen LogP contribution is -2.60. The zero-order valence-corrected chi connectivity index (χ0v) is 34.6. The number of nitrogens with zero attached hydrogens (tertiary/aromatic N) is 2. The lowest BCUT2D eigenvalue weighted by molar-refractivity contribution is -0.148. The van der Waals surface area contributed by atoms with Crippen LogP contribution in [-0.2, 0) is 39.9 Å². The predicted molar refractivity (Wildman–Crippen MR) is 206 cm³/mol. The number of hydrogen-bond donors (Lipinski definition) is 3. The summed E-state index contributed by atoms with van der Waals surface area (Å²) >= 11 is 0. The Balaban J connectivity index is 3.38. The van der Waals surface area contributed by atoms with Crippen molar-refractivity contribution in [2.75, 3.05) is 21.2 Å². The van der Waals surface area contributed by atoms with Crippen molar-refractivity contribution in [3.8, 4) is 0 Å². The Kier molecular flexibility index (Phi) is 19.0. The van der Waals surface area contributed by atoms with Gasteiger partial charge in [-0.2, -0.15) is 0 Å². The second kappa shape index (κ2) is 21.5. The quantitative estimate of drug-likeness (QED) is 0.172. The van der Waals surface area contributed by atoms with Gasteiger partial charge in [0.15, 0.2) is 0 Å². The van der Waals surface area contributed by atoms with Crippen molar-refractivity contribution in [2.24, 2.45) is 23.7 Å². The Morgan fingerprint density at radius 3 is 1.57 bits per heavy atom. The van der Waals surface area contributed by atoms with Gasteiger partial charge < -0.3 is 35.2 Å². The molecule has 13 heteroatoms. The van der Waals surface area contributed by atoms with E-state index in [0.29, 0.717) is 19.3 Å². The van der Waals surface area contributed by atoms with Gasteiger partial charge in [-0.05, 0) is 69.3 Å². The van der Waals surface area contributed by atoms with Crippen molar-refractivity contribution in [1.82, 2.24) is 25.8 Å². The van der Waals surface area contributed by atoms with Crippen molar-refractivity contribution in [1.29, 1.82) is 0 Å². The van der Waals surface area contributed by atoms with Gasteiger partial charge in [-0.25, -0.2) is 9.59 Å². The number of benzene rings is 1. The van der Waals surface area contributed by atoms with Crippen LogP contribution in [0, 0.1) is 23.7 Å². The topological polar surface area (TPSA) is 163 Å². The molecule has 0 spiro atoms. The van der Waals surface area contributed by atoms with Crippen molar-refractivity contribution in [3.63, 3.8) is 0 Å². The average molecular weight is 746 g/mol. The third-order valence-electron chi connectivity index (χ3n) is 8.64. The number of methoxy groups -OCH3 is 1. The number of alkyl carbamates (subject to hydrolysis) is 1. The van der Waals surface area contributed by atoms with E-state index in [4.69, 9.17) is 9.47 Å². The van der Waals surface area contributed by atoms with E-state index in [1.165, 1.54) is 31.0 Å². The number of carbonyl (C=O) groups is 6. The first kappa shape index (κ1) is 46.9. The van der Waals surface area contributed by atoms with Crippen LogP contribution in [0.15, 0.2) is 30.3 Å². The van der Waals surface area contributed by atoms with Crippen molar-refractivity contribution in [3.05, 3.63) is 35.9 Å². The van der Waals surface area contributed by atoms with Gasteiger partial charge in [0.1, 0.15) is 35.8 Å². The molecule has 53 heavy (non-hydrogen) atoms. The van der Waals surface area contributed by atoms with E-state index >= 15 is 0 Å². The van der Waals surface area contributed by atoms with Crippen LogP contribution in [0.2, 0.25) is 0 Å². The van der Waals surface area contributed by atoms with Gasteiger partial charge in [0.05, 0.1) is 7.11 Å². The molecule has 0 aliphatic carbocycles. The summed E-state index contributed by atoms with van der Waals surface area (Å²) in [5, 5.41) is 8.39. The minimum atomic E-state index is -1.04. The number of amides is 5. The Morgan fingerprint density at radius 1 is 0.660 bits per heavy atom. The molecular formula is C40H67N5O8. The summed E-state index contributed by atoms with van der Waals surface area (Å²) in [5.41, 5.74) is 0.0544. The number of nitrogens with one attached hydrogen (secondary N) is 3. The highest BCUT2D eigenvalue weighted by atomic mass is 16.6. The van der Waals surface area contributed by atoms with E-state index in [2.05, 4.69) is 16.0 Å². The van der Waals surface area contributed by atoms with Crippen LogP contribution in [0.1, 0.15) is 101 Å². The molecule has 3 N–H and O–H groups in total. The molecule has 0 aliphatic rings. The molecule has 1 rings (SSSR count). The van der Waals surface area contributed by atoms with Crippen molar-refractivity contribution < 1.29 is 38.2 Å². The normalized spacial score (nSPS) is 14.5. The number of rotatable bonds is 19. The van der Waals surface area contributed by atoms with Crippen LogP contribution in [-0.4, -0.2) is 103 Å². The maximum atomic E-state index is 14.2. The van der Waals surface area contributed by atoms with Crippen LogP contribution < -0.4 is 16.0 Å². The zero-order valence-electron chi connectivity index (χ0n) is 34.6. The van der Waals surface area contributed by atoms with Crippen molar-refractivity contribution >= 4 is 35.7 Å². The highest BCUT2D eigenvalue weighted by Crippen LogP contribution is 2.19. The molecule has 0 fully saturated rings. The van der Waals surface area contributed by atoms with Crippen LogP contribution in [0.4, 0.5) is 4.79 Å². The lowest BCUT2D eigenvalue weighted by Gasteiger charge is -2.36. The standard InChI is InChI=1S/C40H67N5O8/c1-24(2)20-29(42-39(51)53-40(9,10)11)36(48)44(12)32(22-26(5)6)35(47)43-33(27(7)8)37(49)45(13)31(21-25(3)4)34(46)41-30(38(50)52-14)23-28-18-16-15-17-19-28/h15-19,24-27,29-33H,20-23H2,1-14H3,(H,41,46)(H,42,51)(H,43,47)/t29-,30-,31-,32-,33-/m0/s1. The van der Waals surface area contributed by atoms with E-state index in [-0.39, 0.29) is 30.1 Å². The molecule has 5 atom stereocenters. The molecule has 0 bridgehead atoms. The monoisotopic (exact) mass is 745 g/mol. The molecule has 0 radical (unpaired) electrons. The average Bonchev–Trinajstić information content (AvgIpc) is 3.05. The summed E-state index contributed by atoms with van der Waals surface area (Å²) in [6, 6.07) is 4.32. The van der Waals surface area contributed by atoms with Gasteiger partial charge in [0.25, 0.3) is 0 Å². The molecule has 300 valence electrons. The number of carbonyl (C=O) groups excluding carboxylic acids is 6. The van der Waals surface area contributed by atoms with Gasteiger partial charge in [0.2, 0.25) is 23.6 Å². The van der Waals surface area contributed by atoms with Crippen LogP contribution in [0.25, 0.3) is 0 Å². The fourth-order valence-electron chi connectivity index (χ4n) is 5.91. The molecule has 0 unspecified atom stereocenters. The summed E-state index contributed by atoms with van der Waals surface area (Å²) in [4.78, 5) is 84.2. The van der Waals surface area contributed by atoms with Gasteiger partial charge in [-0.15, -0.1) is 0 Å². The van der Waals surface area contributed by atoms with Crippen LogP contribution in [0.3, 0.4) is 0 Å². The van der Waals surface area contributed by atoms with Crippen LogP contribution in [0.5, 0.6) is 0 Å². The van der Waals surface area contributed by atoms with Crippen LogP contribution >= 0.6 is 0 Å². The predicted octanol–water partition coefficient (Wildman–Crippen LogP) is 4.71. The number of likely N-dealkylation sites (N-methyl/N-ethyl adjacent to an activating group) is 2. The fourth-order valence-corrected chi connectivity index (χ4v) is 5.91. The SMILES string of the molecule is COC(=O)[C@H](Cc1ccccc1)NC(=O)[C@H](CC(C)C)N(C)C(=O)[C@@H](NC(=O)[C@H](CC(C)C)N(C)C(=O)[C@H](CC(C)C)NC(=O)OC(C)(C)C)C(C)C. The van der Waals surface area contributed by atoms with E-state index in [9.17, 15) is 28.8 Å². The van der Waals surface area contributed by atoms with Gasteiger partial charge >= 0.3 is 12.1 Å². The van der Waals surface area contributed by atoms with Crippen molar-refractivity contribution in [2.45, 2.75) is 138 Å². The minimum Gasteiger partial charge on any atom is -0.467 e. The van der Waals surface area contributed by atoms with Gasteiger partial charge in [-0.3, -0.25) is 19.2 Å². The number of esters is 1. The third-order valence-corrected chi connectivity index (χ3v) is 8.64. The fraction of sp³-hybridized carbons (Fsp3) is 0.700. The zero-order chi connectivity index (χ0) is 40.8. The molecule has 1 aromatic carbocycles. The lowest BCUT2D eigenvalue weighted by atomic mass is 9.96. The smallest absolute Gasteiger partial charge is 0.408 e. The highest BCUT2D eigenvalue weighted by molar-refractivity contribution is 5.96. The molecule has 0 aliphatic heterocycles. The van der Waals surface area contributed by atoms with E-state index < -0.39 is 71.5 Å². The summed E-state index contributed by atoms with van der Waals surface area (Å²) in [6.45, 7) is 20.3. The Bertz CT molecular complexity index is 1360. The first-order chi connectivity index (χ1) is 24.5. The molecule has 0 saturated heterocycles. The van der Waals surface area contributed by atoms with Gasteiger partial charge in [-0.1, -0.05) is 85.7 Å². The molecule has 1 aromatic rings. The summed E-state index contributed by atoms with van der Waals surface area (Å²) in [6.07, 6.45) is 0.364. The molecular weight excluding hydrogens is 678 g/mol. The maximum absolute atomic E-state index is 14.2. The minimum absolute atomic E-state index is 0.00181. The summed E-state index contributed by atoms with van der Waals surface area (Å²) in [5.74, 6) is -2.97. The second-order valence-electron chi connectivity index (χ2n) is 16.5. The maximum Gasteiger partial charge on any atom is 0.408 e. The molecule has 0 heterocycles. The Labute approximate surface area is 317 Å². The Morgan fingerprint density at radius 2 is 1.13 bits per heavy atom. The molecule has 0 aromatic heterocycles. The molecule has 5 amide bonds. The number of hydrogen-bond acceptors (Lipinski definition) is 8. The van der Waals surface area contributed by atoms with E-state index in [1.54, 1.807) is 34.6 Å². The highest BCUT2D eigenvalue weighted by Gasteiger charge is 2.39. The first-order valence-corrected chi connectivity index (χ1v) is 18.7. The number of ether oxygens (including phenoxy) is 2. The van der Waals surface area contributed by atoms with E-state index in [1.807, 2.05) is 71.9 Å². The molecule has 0 saturated carbocycles. The first-order valence-electron chi connectivity index (χ1n) is 18.7. The van der Waals surface area contributed by atoms with E-state index in [0.717, 1.165) is 5.56 Å². The third kappa shape index (κ3) is 16.2. The largest absolute Gasteiger partial charge is 0.467 e.